The van der Waals surface area contributed by atoms with Gasteiger partial charge in [0, 0.05) is 12.4 Å². The number of nitrogens with zero attached hydrogens (tertiary/aromatic N) is 3. The van der Waals surface area contributed by atoms with E-state index in [-0.39, 0.29) is 19.8 Å². The minimum atomic E-state index is -1.76. The Morgan fingerprint density at radius 3 is 2.29 bits per heavy atom. The fourth-order valence-corrected chi connectivity index (χ4v) is 2.31. The van der Waals surface area contributed by atoms with Gasteiger partial charge in [-0.3, -0.25) is 4.98 Å². The van der Waals surface area contributed by atoms with Gasteiger partial charge >= 0.3 is 11.9 Å². The Labute approximate surface area is 122 Å². The minimum Gasteiger partial charge on any atom is -0.464 e. The molecule has 7 heteroatoms. The van der Waals surface area contributed by atoms with Crippen molar-refractivity contribution in [2.45, 2.75) is 25.3 Å². The fourth-order valence-electron chi connectivity index (χ4n) is 2.31. The number of carbonyl (C=O) groups excluding carboxylic acids is 2. The highest BCUT2D eigenvalue weighted by Crippen LogP contribution is 2.39. The third-order valence-electron chi connectivity index (χ3n) is 3.28. The van der Waals surface area contributed by atoms with Gasteiger partial charge in [-0.15, -0.1) is 0 Å². The lowest BCUT2D eigenvalue weighted by molar-refractivity contribution is -0.164. The lowest BCUT2D eigenvalue weighted by Gasteiger charge is -2.27. The summed E-state index contributed by atoms with van der Waals surface area (Å²) in [5.74, 6) is -2.00. The number of ether oxygens (including phenoxy) is 2. The maximum absolute atomic E-state index is 12.4. The number of azo groups is 1. The molecule has 1 aliphatic rings. The van der Waals surface area contributed by atoms with Gasteiger partial charge in [0.2, 0.25) is 0 Å². The number of hydrogen-bond donors (Lipinski definition) is 0. The summed E-state index contributed by atoms with van der Waals surface area (Å²) in [6.07, 6.45) is 3.18. The molecule has 0 aliphatic carbocycles. The normalized spacial score (nSPS) is 19.2. The average Bonchev–Trinajstić information content (AvgIpc) is 2.94. The molecule has 1 aromatic rings. The molecule has 2 heterocycles. The molecule has 0 fully saturated rings. The molecule has 112 valence electrons. The van der Waals surface area contributed by atoms with Crippen molar-refractivity contribution in [3.05, 3.63) is 30.1 Å². The van der Waals surface area contributed by atoms with Gasteiger partial charge in [0.05, 0.1) is 25.7 Å². The van der Waals surface area contributed by atoms with Crippen LogP contribution in [0.3, 0.4) is 0 Å². The number of aromatic nitrogens is 1. The number of hydrogen-bond acceptors (Lipinski definition) is 7. The van der Waals surface area contributed by atoms with Gasteiger partial charge in [0.1, 0.15) is 0 Å². The molecule has 0 N–H and O–H groups in total. The summed E-state index contributed by atoms with van der Waals surface area (Å²) in [7, 11) is 0. The van der Waals surface area contributed by atoms with Crippen molar-refractivity contribution < 1.29 is 19.1 Å². The molecule has 21 heavy (non-hydrogen) atoms. The Morgan fingerprint density at radius 2 is 1.76 bits per heavy atom. The Morgan fingerprint density at radius 1 is 1.19 bits per heavy atom. The first kappa shape index (κ1) is 15.1. The first-order valence-electron chi connectivity index (χ1n) is 6.79. The highest BCUT2D eigenvalue weighted by molar-refractivity contribution is 6.06. The molecule has 7 nitrogen and oxygen atoms in total. The van der Waals surface area contributed by atoms with Crippen molar-refractivity contribution in [2.24, 2.45) is 10.2 Å². The molecular weight excluding hydrogens is 274 g/mol. The smallest absolute Gasteiger partial charge is 0.348 e. The Kier molecular flexibility index (Phi) is 4.62. The molecule has 0 aromatic carbocycles. The van der Waals surface area contributed by atoms with E-state index in [0.29, 0.717) is 0 Å². The fraction of sp³-hybridized carbons (Fsp3) is 0.500. The van der Waals surface area contributed by atoms with E-state index in [1.165, 1.54) is 0 Å². The predicted octanol–water partition coefficient (Wildman–Crippen LogP) is 1.50. The van der Waals surface area contributed by atoms with Gasteiger partial charge in [-0.25, -0.2) is 9.59 Å². The zero-order chi connectivity index (χ0) is 15.3. The van der Waals surface area contributed by atoms with Gasteiger partial charge in [-0.2, -0.15) is 10.2 Å². The second-order valence-electron chi connectivity index (χ2n) is 4.46. The highest BCUT2D eigenvalue weighted by atomic mass is 16.6. The van der Waals surface area contributed by atoms with Crippen LogP contribution in [-0.2, 0) is 19.1 Å². The third-order valence-corrected chi connectivity index (χ3v) is 3.28. The summed E-state index contributed by atoms with van der Waals surface area (Å²) in [5, 5.41) is 7.82. The molecule has 1 aromatic heterocycles. The molecule has 1 aliphatic heterocycles. The number of rotatable bonds is 5. The Bertz CT molecular complexity index is 526. The Hall–Kier alpha value is -2.31. The number of esters is 2. The van der Waals surface area contributed by atoms with Crippen LogP contribution in [0.15, 0.2) is 34.8 Å². The lowest BCUT2D eigenvalue weighted by Crippen LogP contribution is -2.50. The topological polar surface area (TPSA) is 90.2 Å². The zero-order valence-electron chi connectivity index (χ0n) is 12.0. The van der Waals surface area contributed by atoms with Gasteiger partial charge in [0.15, 0.2) is 0 Å². The molecule has 0 saturated carbocycles. The van der Waals surface area contributed by atoms with Crippen LogP contribution in [0.1, 0.15) is 25.3 Å². The van der Waals surface area contributed by atoms with Crippen LogP contribution in [0.25, 0.3) is 0 Å². The molecule has 0 radical (unpaired) electrons. The minimum absolute atomic E-state index is 0.151. The first-order valence-corrected chi connectivity index (χ1v) is 6.79. The van der Waals surface area contributed by atoms with Crippen LogP contribution < -0.4 is 0 Å². The maximum atomic E-state index is 12.4. The van der Waals surface area contributed by atoms with E-state index in [1.54, 1.807) is 38.4 Å². The zero-order valence-corrected chi connectivity index (χ0v) is 12.0. The molecule has 0 saturated heterocycles. The van der Waals surface area contributed by atoms with E-state index in [0.717, 1.165) is 5.56 Å². The SMILES string of the molecule is CCOC(=O)C1(C(=O)OCC)N=NCC1c1ccncc1. The van der Waals surface area contributed by atoms with E-state index >= 15 is 0 Å². The van der Waals surface area contributed by atoms with Gasteiger partial charge in [0.25, 0.3) is 5.54 Å². The monoisotopic (exact) mass is 291 g/mol. The molecular formula is C14H17N3O4. The average molecular weight is 291 g/mol. The maximum Gasteiger partial charge on any atom is 0.348 e. The molecule has 1 unspecified atom stereocenters. The lowest BCUT2D eigenvalue weighted by atomic mass is 9.81. The quantitative estimate of drug-likeness (QED) is 0.605. The van der Waals surface area contributed by atoms with Crippen LogP contribution in [0.2, 0.25) is 0 Å². The van der Waals surface area contributed by atoms with Crippen molar-refractivity contribution in [3.8, 4) is 0 Å². The van der Waals surface area contributed by atoms with Gasteiger partial charge in [-0.05, 0) is 31.5 Å². The third kappa shape index (κ3) is 2.63. The molecule has 0 bridgehead atoms. The van der Waals surface area contributed by atoms with Crippen LogP contribution in [-0.4, -0.2) is 42.2 Å². The molecule has 2 rings (SSSR count). The summed E-state index contributed by atoms with van der Waals surface area (Å²) < 4.78 is 10.1. The molecule has 0 spiro atoms. The molecule has 1 atom stereocenters. The van der Waals surface area contributed by atoms with Crippen LogP contribution in [0.5, 0.6) is 0 Å². The highest BCUT2D eigenvalue weighted by Gasteiger charge is 2.59. The summed E-state index contributed by atoms with van der Waals surface area (Å²) >= 11 is 0. The summed E-state index contributed by atoms with van der Waals surface area (Å²) in [6.45, 7) is 3.87. The first-order chi connectivity index (χ1) is 10.2. The van der Waals surface area contributed by atoms with Crippen LogP contribution >= 0.6 is 0 Å². The van der Waals surface area contributed by atoms with Crippen molar-refractivity contribution in [1.82, 2.24) is 4.98 Å². The Balaban J connectivity index is 2.44. The number of pyridine rings is 1. The van der Waals surface area contributed by atoms with E-state index in [4.69, 9.17) is 9.47 Å². The van der Waals surface area contributed by atoms with Crippen LogP contribution in [0.4, 0.5) is 0 Å². The van der Waals surface area contributed by atoms with Gasteiger partial charge < -0.3 is 9.47 Å². The standard InChI is InChI=1S/C14H17N3O4/c1-3-20-12(18)14(13(19)21-4-2)11(9-16-17-14)10-5-7-15-8-6-10/h5-8,11H,3-4,9H2,1-2H3. The summed E-state index contributed by atoms with van der Waals surface area (Å²) in [5.41, 5.74) is -1.01. The number of carbonyl (C=O) groups is 2. The largest absolute Gasteiger partial charge is 0.464 e. The van der Waals surface area contributed by atoms with Crippen molar-refractivity contribution >= 4 is 11.9 Å². The summed E-state index contributed by atoms with van der Waals surface area (Å²) in [6, 6.07) is 3.46. The predicted molar refractivity (Wildman–Crippen MR) is 72.7 cm³/mol. The molecule has 0 amide bonds. The second-order valence-corrected chi connectivity index (χ2v) is 4.46. The second kappa shape index (κ2) is 6.43. The van der Waals surface area contributed by atoms with E-state index < -0.39 is 23.4 Å². The van der Waals surface area contributed by atoms with Crippen molar-refractivity contribution in [3.63, 3.8) is 0 Å². The van der Waals surface area contributed by atoms with Crippen molar-refractivity contribution in [1.29, 1.82) is 0 Å². The van der Waals surface area contributed by atoms with Crippen LogP contribution in [0, 0.1) is 0 Å². The van der Waals surface area contributed by atoms with Gasteiger partial charge in [-0.1, -0.05) is 0 Å². The van der Waals surface area contributed by atoms with E-state index in [1.807, 2.05) is 0 Å². The van der Waals surface area contributed by atoms with E-state index in [9.17, 15) is 9.59 Å². The van der Waals surface area contributed by atoms with E-state index in [2.05, 4.69) is 15.2 Å². The summed E-state index contributed by atoms with van der Waals surface area (Å²) in [4.78, 5) is 28.7. The van der Waals surface area contributed by atoms with Crippen molar-refractivity contribution in [2.75, 3.05) is 19.8 Å².